The van der Waals surface area contributed by atoms with E-state index in [1.807, 2.05) is 18.2 Å². The second-order valence-corrected chi connectivity index (χ2v) is 8.00. The largest absolute Gasteiger partial charge is 0.481 e. The second kappa shape index (κ2) is 6.86. The van der Waals surface area contributed by atoms with E-state index in [1.165, 1.54) is 11.1 Å². The lowest BCUT2D eigenvalue weighted by atomic mass is 9.92. The molecule has 5 heteroatoms. The Kier molecular flexibility index (Phi) is 4.55. The van der Waals surface area contributed by atoms with Crippen LogP contribution in [-0.2, 0) is 22.4 Å². The normalized spacial score (nSPS) is 24.5. The Bertz CT molecular complexity index is 752. The number of aliphatic carboxylic acids is 1. The Labute approximate surface area is 153 Å². The topological polar surface area (TPSA) is 74.7 Å². The lowest BCUT2D eigenvalue weighted by Gasteiger charge is -2.16. The SMILES string of the molecule is O=C(CCC(=O)N1C[C@H](C(=O)O)[C@@H](C2CC2)C1)c1ccc2c(c1)CCC2. The molecule has 1 N–H and O–H groups in total. The minimum absolute atomic E-state index is 0.000717. The third-order valence-corrected chi connectivity index (χ3v) is 6.25. The average Bonchev–Trinajstić information content (AvgIpc) is 3.20. The van der Waals surface area contributed by atoms with Crippen LogP contribution in [0.15, 0.2) is 18.2 Å². The molecular weight excluding hydrogens is 330 g/mol. The first-order valence-electron chi connectivity index (χ1n) is 9.68. The number of Topliss-reactive ketones (excluding diaryl/α,β-unsaturated/α-hetero) is 1. The molecule has 1 saturated heterocycles. The van der Waals surface area contributed by atoms with E-state index in [4.69, 9.17) is 0 Å². The summed E-state index contributed by atoms with van der Waals surface area (Å²) < 4.78 is 0. The van der Waals surface area contributed by atoms with E-state index in [0.29, 0.717) is 24.6 Å². The van der Waals surface area contributed by atoms with E-state index < -0.39 is 11.9 Å². The van der Waals surface area contributed by atoms with Gasteiger partial charge in [-0.15, -0.1) is 0 Å². The van der Waals surface area contributed by atoms with E-state index in [1.54, 1.807) is 4.90 Å². The van der Waals surface area contributed by atoms with Gasteiger partial charge in [-0.05, 0) is 61.1 Å². The third kappa shape index (κ3) is 3.39. The summed E-state index contributed by atoms with van der Waals surface area (Å²) in [4.78, 5) is 38.1. The van der Waals surface area contributed by atoms with Crippen molar-refractivity contribution >= 4 is 17.7 Å². The standard InChI is InChI=1S/C21H25NO4/c23-19(16-7-4-13-2-1-3-15(13)10-16)8-9-20(24)22-11-17(14-5-6-14)18(12-22)21(25)26/h4,7,10,14,17-18H,1-3,5-6,8-9,11-12H2,(H,25,26)/t17-,18+/m1/s1. The fourth-order valence-corrected chi connectivity index (χ4v) is 4.56. The molecule has 3 aliphatic rings. The van der Waals surface area contributed by atoms with Crippen molar-refractivity contribution < 1.29 is 19.5 Å². The van der Waals surface area contributed by atoms with Gasteiger partial charge in [-0.25, -0.2) is 0 Å². The maximum absolute atomic E-state index is 12.5. The highest BCUT2D eigenvalue weighted by Gasteiger charge is 2.46. The molecule has 1 aliphatic heterocycles. The van der Waals surface area contributed by atoms with Crippen LogP contribution in [0.1, 0.15) is 53.6 Å². The number of carboxylic acids is 1. The predicted octanol–water partition coefficient (Wildman–Crippen LogP) is 2.71. The van der Waals surface area contributed by atoms with Crippen LogP contribution < -0.4 is 0 Å². The highest BCUT2D eigenvalue weighted by atomic mass is 16.4. The Hall–Kier alpha value is -2.17. The molecule has 5 nitrogen and oxygen atoms in total. The Morgan fingerprint density at radius 1 is 1.04 bits per heavy atom. The predicted molar refractivity (Wildman–Crippen MR) is 96.0 cm³/mol. The molecule has 1 aromatic rings. The highest BCUT2D eigenvalue weighted by molar-refractivity contribution is 5.98. The molecule has 138 valence electrons. The van der Waals surface area contributed by atoms with Crippen LogP contribution in [0, 0.1) is 17.8 Å². The van der Waals surface area contributed by atoms with Crippen molar-refractivity contribution in [1.82, 2.24) is 4.90 Å². The summed E-state index contributed by atoms with van der Waals surface area (Å²) in [5, 5.41) is 9.41. The van der Waals surface area contributed by atoms with Crippen molar-refractivity contribution in [3.05, 3.63) is 34.9 Å². The van der Waals surface area contributed by atoms with Gasteiger partial charge in [0.05, 0.1) is 5.92 Å². The summed E-state index contributed by atoms with van der Waals surface area (Å²) in [5.74, 6) is -0.786. The van der Waals surface area contributed by atoms with Crippen molar-refractivity contribution in [2.24, 2.45) is 17.8 Å². The van der Waals surface area contributed by atoms with Crippen LogP contribution >= 0.6 is 0 Å². The van der Waals surface area contributed by atoms with Crippen molar-refractivity contribution in [3.63, 3.8) is 0 Å². The van der Waals surface area contributed by atoms with Gasteiger partial charge < -0.3 is 10.0 Å². The van der Waals surface area contributed by atoms with Gasteiger partial charge in [0.2, 0.25) is 5.91 Å². The maximum atomic E-state index is 12.5. The van der Waals surface area contributed by atoms with Crippen molar-refractivity contribution in [2.75, 3.05) is 13.1 Å². The minimum Gasteiger partial charge on any atom is -0.481 e. The molecule has 1 aromatic carbocycles. The number of nitrogens with zero attached hydrogens (tertiary/aromatic N) is 1. The fraction of sp³-hybridized carbons (Fsp3) is 0.571. The maximum Gasteiger partial charge on any atom is 0.308 e. The number of amides is 1. The molecule has 0 unspecified atom stereocenters. The lowest BCUT2D eigenvalue weighted by Crippen LogP contribution is -2.30. The highest BCUT2D eigenvalue weighted by Crippen LogP contribution is 2.44. The lowest BCUT2D eigenvalue weighted by molar-refractivity contribution is -0.142. The Balaban J connectivity index is 1.33. The molecule has 1 saturated carbocycles. The van der Waals surface area contributed by atoms with Gasteiger partial charge in [0.25, 0.3) is 0 Å². The summed E-state index contributed by atoms with van der Waals surface area (Å²) in [6.45, 7) is 0.829. The zero-order chi connectivity index (χ0) is 18.3. The molecule has 2 aliphatic carbocycles. The number of hydrogen-bond donors (Lipinski definition) is 1. The molecule has 0 spiro atoms. The smallest absolute Gasteiger partial charge is 0.308 e. The molecule has 1 heterocycles. The molecule has 0 aromatic heterocycles. The molecule has 1 amide bonds. The summed E-state index contributed by atoms with van der Waals surface area (Å²) in [5.41, 5.74) is 3.29. The number of ketones is 1. The minimum atomic E-state index is -0.800. The number of benzene rings is 1. The van der Waals surface area contributed by atoms with Gasteiger partial charge in [-0.2, -0.15) is 0 Å². The summed E-state index contributed by atoms with van der Waals surface area (Å²) in [7, 11) is 0. The zero-order valence-electron chi connectivity index (χ0n) is 14.9. The number of likely N-dealkylation sites (tertiary alicyclic amines) is 1. The van der Waals surface area contributed by atoms with Gasteiger partial charge in [0.1, 0.15) is 0 Å². The zero-order valence-corrected chi connectivity index (χ0v) is 14.9. The third-order valence-electron chi connectivity index (χ3n) is 6.25. The van der Waals surface area contributed by atoms with Gasteiger partial charge in [-0.1, -0.05) is 12.1 Å². The summed E-state index contributed by atoms with van der Waals surface area (Å²) >= 11 is 0. The van der Waals surface area contributed by atoms with E-state index in [-0.39, 0.29) is 30.4 Å². The number of fused-ring (bicyclic) bond motifs is 1. The van der Waals surface area contributed by atoms with Crippen LogP contribution in [0.4, 0.5) is 0 Å². The van der Waals surface area contributed by atoms with E-state index in [2.05, 4.69) is 0 Å². The van der Waals surface area contributed by atoms with Crippen LogP contribution in [0.2, 0.25) is 0 Å². The Morgan fingerprint density at radius 3 is 2.54 bits per heavy atom. The van der Waals surface area contributed by atoms with Gasteiger partial charge in [-0.3, -0.25) is 14.4 Å². The number of carbonyl (C=O) groups excluding carboxylic acids is 2. The van der Waals surface area contributed by atoms with Crippen molar-refractivity contribution in [3.8, 4) is 0 Å². The van der Waals surface area contributed by atoms with E-state index in [9.17, 15) is 19.5 Å². The number of carboxylic acid groups (broad SMARTS) is 1. The van der Waals surface area contributed by atoms with Gasteiger partial charge >= 0.3 is 5.97 Å². The molecule has 4 rings (SSSR count). The number of rotatable bonds is 6. The van der Waals surface area contributed by atoms with Crippen LogP contribution in [0.25, 0.3) is 0 Å². The number of carbonyl (C=O) groups is 3. The molecule has 26 heavy (non-hydrogen) atoms. The summed E-state index contributed by atoms with van der Waals surface area (Å²) in [6, 6.07) is 5.89. The van der Waals surface area contributed by atoms with Crippen LogP contribution in [0.3, 0.4) is 0 Å². The first-order valence-corrected chi connectivity index (χ1v) is 9.68. The first kappa shape index (κ1) is 17.3. The van der Waals surface area contributed by atoms with Crippen LogP contribution in [0.5, 0.6) is 0 Å². The van der Waals surface area contributed by atoms with Crippen LogP contribution in [-0.4, -0.2) is 40.8 Å². The van der Waals surface area contributed by atoms with Gasteiger partial charge in [0, 0.05) is 31.5 Å². The van der Waals surface area contributed by atoms with E-state index in [0.717, 1.165) is 32.1 Å². The summed E-state index contributed by atoms with van der Waals surface area (Å²) in [6.07, 6.45) is 5.78. The fourth-order valence-electron chi connectivity index (χ4n) is 4.56. The number of hydrogen-bond acceptors (Lipinski definition) is 3. The van der Waals surface area contributed by atoms with Crippen molar-refractivity contribution in [1.29, 1.82) is 0 Å². The monoisotopic (exact) mass is 355 g/mol. The van der Waals surface area contributed by atoms with Gasteiger partial charge in [0.15, 0.2) is 5.78 Å². The number of aryl methyl sites for hydroxylation is 2. The molecular formula is C21H25NO4. The second-order valence-electron chi connectivity index (χ2n) is 8.00. The van der Waals surface area contributed by atoms with Crippen molar-refractivity contribution in [2.45, 2.75) is 44.9 Å². The first-order chi connectivity index (χ1) is 12.5. The molecule has 0 radical (unpaired) electrons. The average molecular weight is 355 g/mol. The molecule has 2 fully saturated rings. The molecule has 2 atom stereocenters. The Morgan fingerprint density at radius 2 is 1.81 bits per heavy atom. The van der Waals surface area contributed by atoms with E-state index >= 15 is 0 Å². The quantitative estimate of drug-likeness (QED) is 0.796. The molecule has 0 bridgehead atoms.